The van der Waals surface area contributed by atoms with Gasteiger partial charge < -0.3 is 10.3 Å². The highest BCUT2D eigenvalue weighted by atomic mass is 79.9. The van der Waals surface area contributed by atoms with Crippen LogP contribution in [0.2, 0.25) is 0 Å². The van der Waals surface area contributed by atoms with E-state index in [-0.39, 0.29) is 0 Å². The van der Waals surface area contributed by atoms with Gasteiger partial charge in [-0.1, -0.05) is 13.8 Å². The molecule has 0 amide bonds. The molecule has 0 spiro atoms. The molecule has 84 valence electrons. The third-order valence-electron chi connectivity index (χ3n) is 3.11. The van der Waals surface area contributed by atoms with Crippen LogP contribution in [0.3, 0.4) is 0 Å². The van der Waals surface area contributed by atoms with E-state index in [0.717, 1.165) is 24.1 Å². The Morgan fingerprint density at radius 2 is 2.33 bits per heavy atom. The quantitative estimate of drug-likeness (QED) is 0.897. The zero-order valence-corrected chi connectivity index (χ0v) is 10.9. The summed E-state index contributed by atoms with van der Waals surface area (Å²) in [4.78, 5) is 4.69. The summed E-state index contributed by atoms with van der Waals surface area (Å²) in [7, 11) is 0. The third-order valence-corrected chi connectivity index (χ3v) is 3.94. The van der Waals surface area contributed by atoms with Crippen LogP contribution in [0, 0.1) is 5.92 Å². The molecule has 0 saturated heterocycles. The Bertz CT molecular complexity index is 357. The van der Waals surface area contributed by atoms with E-state index < -0.39 is 0 Å². The van der Waals surface area contributed by atoms with Gasteiger partial charge in [0.25, 0.3) is 0 Å². The lowest BCUT2D eigenvalue weighted by atomic mass is 10.00. The molecule has 2 N–H and O–H groups in total. The van der Waals surface area contributed by atoms with Crippen molar-refractivity contribution < 1.29 is 0 Å². The molecule has 4 heteroatoms. The number of nitrogens with two attached hydrogens (primary N) is 1. The second kappa shape index (κ2) is 4.26. The topological polar surface area (TPSA) is 43.8 Å². The smallest absolute Gasteiger partial charge is 0.109 e. The second-order valence-corrected chi connectivity index (χ2v) is 5.36. The molecular formula is C11H18BrN3. The maximum absolute atomic E-state index is 5.73. The summed E-state index contributed by atoms with van der Waals surface area (Å²) in [6.07, 6.45) is 2.24. The SMILES string of the molecule is CC(C)c1nc2n(c1Br)CC(CN)CC2. The minimum absolute atomic E-state index is 0.480. The van der Waals surface area contributed by atoms with Crippen molar-refractivity contribution in [2.45, 2.75) is 39.2 Å². The van der Waals surface area contributed by atoms with Crippen LogP contribution in [0.15, 0.2) is 4.60 Å². The van der Waals surface area contributed by atoms with E-state index in [1.807, 2.05) is 0 Å². The minimum Gasteiger partial charge on any atom is -0.330 e. The molecule has 2 rings (SSSR count). The predicted octanol–water partition coefficient (Wildman–Crippen LogP) is 2.29. The number of imidazole rings is 1. The van der Waals surface area contributed by atoms with Crippen molar-refractivity contribution in [3.63, 3.8) is 0 Å². The van der Waals surface area contributed by atoms with Crippen LogP contribution >= 0.6 is 15.9 Å². The fourth-order valence-corrected chi connectivity index (χ4v) is 3.01. The Hall–Kier alpha value is -0.350. The highest BCUT2D eigenvalue weighted by Gasteiger charge is 2.23. The van der Waals surface area contributed by atoms with Crippen molar-refractivity contribution in [2.24, 2.45) is 11.7 Å². The molecule has 1 aliphatic heterocycles. The van der Waals surface area contributed by atoms with E-state index in [0.29, 0.717) is 11.8 Å². The molecule has 0 aromatic carbocycles. The number of fused-ring (bicyclic) bond motifs is 1. The van der Waals surface area contributed by atoms with Gasteiger partial charge in [0.15, 0.2) is 0 Å². The standard InChI is InChI=1S/C11H18BrN3/c1-7(2)10-11(12)15-6-8(5-13)3-4-9(15)14-10/h7-8H,3-6,13H2,1-2H3. The van der Waals surface area contributed by atoms with Gasteiger partial charge in [0.05, 0.1) is 5.69 Å². The molecule has 2 heterocycles. The van der Waals surface area contributed by atoms with E-state index in [1.165, 1.54) is 17.9 Å². The van der Waals surface area contributed by atoms with Crippen molar-refractivity contribution >= 4 is 15.9 Å². The number of halogens is 1. The fraction of sp³-hybridized carbons (Fsp3) is 0.727. The zero-order chi connectivity index (χ0) is 11.0. The third kappa shape index (κ3) is 1.97. The lowest BCUT2D eigenvalue weighted by molar-refractivity contribution is 0.370. The van der Waals surface area contributed by atoms with Crippen molar-refractivity contribution in [1.29, 1.82) is 0 Å². The molecule has 0 fully saturated rings. The van der Waals surface area contributed by atoms with Crippen molar-refractivity contribution in [1.82, 2.24) is 9.55 Å². The van der Waals surface area contributed by atoms with Gasteiger partial charge in [0.2, 0.25) is 0 Å². The van der Waals surface area contributed by atoms with Crippen LogP contribution in [-0.2, 0) is 13.0 Å². The molecule has 0 saturated carbocycles. The number of rotatable bonds is 2. The Balaban J connectivity index is 2.33. The largest absolute Gasteiger partial charge is 0.330 e. The van der Waals surface area contributed by atoms with E-state index in [2.05, 4.69) is 34.3 Å². The minimum atomic E-state index is 0.480. The van der Waals surface area contributed by atoms with Gasteiger partial charge in [-0.2, -0.15) is 0 Å². The molecule has 1 aliphatic rings. The molecule has 1 aromatic rings. The summed E-state index contributed by atoms with van der Waals surface area (Å²) in [5, 5.41) is 0. The monoisotopic (exact) mass is 271 g/mol. The lowest BCUT2D eigenvalue weighted by Crippen LogP contribution is -2.26. The summed E-state index contributed by atoms with van der Waals surface area (Å²) in [6.45, 7) is 6.16. The fourth-order valence-electron chi connectivity index (χ4n) is 2.12. The van der Waals surface area contributed by atoms with Crippen molar-refractivity contribution in [2.75, 3.05) is 6.54 Å². The Labute approximate surface area is 99.2 Å². The highest BCUT2D eigenvalue weighted by Crippen LogP contribution is 2.30. The maximum atomic E-state index is 5.73. The van der Waals surface area contributed by atoms with Crippen molar-refractivity contribution in [3.05, 3.63) is 16.1 Å². The normalized spacial score (nSPS) is 20.7. The number of hydrogen-bond donors (Lipinski definition) is 1. The first-order chi connectivity index (χ1) is 7.13. The van der Waals surface area contributed by atoms with Gasteiger partial charge in [-0.3, -0.25) is 0 Å². The molecule has 1 unspecified atom stereocenters. The van der Waals surface area contributed by atoms with Crippen LogP contribution < -0.4 is 5.73 Å². The number of nitrogens with zero attached hydrogens (tertiary/aromatic N) is 2. The number of hydrogen-bond acceptors (Lipinski definition) is 2. The first kappa shape index (κ1) is 11.1. The summed E-state index contributed by atoms with van der Waals surface area (Å²) in [6, 6.07) is 0. The van der Waals surface area contributed by atoms with E-state index in [4.69, 9.17) is 10.7 Å². The van der Waals surface area contributed by atoms with Gasteiger partial charge in [-0.05, 0) is 40.7 Å². The van der Waals surface area contributed by atoms with Gasteiger partial charge in [-0.15, -0.1) is 0 Å². The van der Waals surface area contributed by atoms with Gasteiger partial charge in [0.1, 0.15) is 10.4 Å². The molecule has 1 aromatic heterocycles. The summed E-state index contributed by atoms with van der Waals surface area (Å²) in [5.41, 5.74) is 6.91. The van der Waals surface area contributed by atoms with Gasteiger partial charge >= 0.3 is 0 Å². The number of aryl methyl sites for hydroxylation is 1. The molecule has 15 heavy (non-hydrogen) atoms. The first-order valence-electron chi connectivity index (χ1n) is 5.58. The molecular weight excluding hydrogens is 254 g/mol. The molecule has 0 radical (unpaired) electrons. The Morgan fingerprint density at radius 1 is 1.60 bits per heavy atom. The van der Waals surface area contributed by atoms with Crippen LogP contribution in [-0.4, -0.2) is 16.1 Å². The van der Waals surface area contributed by atoms with Gasteiger partial charge in [-0.25, -0.2) is 4.98 Å². The molecule has 0 bridgehead atoms. The van der Waals surface area contributed by atoms with Crippen LogP contribution in [0.4, 0.5) is 0 Å². The average molecular weight is 272 g/mol. The van der Waals surface area contributed by atoms with E-state index in [1.54, 1.807) is 0 Å². The van der Waals surface area contributed by atoms with Gasteiger partial charge in [0, 0.05) is 13.0 Å². The van der Waals surface area contributed by atoms with Crippen LogP contribution in [0.5, 0.6) is 0 Å². The summed E-state index contributed by atoms with van der Waals surface area (Å²) in [5.74, 6) is 2.31. The Kier molecular flexibility index (Phi) is 3.16. The lowest BCUT2D eigenvalue weighted by Gasteiger charge is -2.22. The van der Waals surface area contributed by atoms with E-state index in [9.17, 15) is 0 Å². The van der Waals surface area contributed by atoms with E-state index >= 15 is 0 Å². The summed E-state index contributed by atoms with van der Waals surface area (Å²) >= 11 is 3.65. The predicted molar refractivity (Wildman–Crippen MR) is 64.9 cm³/mol. The highest BCUT2D eigenvalue weighted by molar-refractivity contribution is 9.10. The molecule has 1 atom stereocenters. The second-order valence-electron chi connectivity index (χ2n) is 4.61. The molecule has 0 aliphatic carbocycles. The zero-order valence-electron chi connectivity index (χ0n) is 9.33. The first-order valence-corrected chi connectivity index (χ1v) is 6.37. The summed E-state index contributed by atoms with van der Waals surface area (Å²) < 4.78 is 3.45. The van der Waals surface area contributed by atoms with Crippen LogP contribution in [0.25, 0.3) is 0 Å². The average Bonchev–Trinajstić information content (AvgIpc) is 2.56. The number of aromatic nitrogens is 2. The molecule has 3 nitrogen and oxygen atoms in total. The maximum Gasteiger partial charge on any atom is 0.109 e. The van der Waals surface area contributed by atoms with Crippen molar-refractivity contribution in [3.8, 4) is 0 Å². The van der Waals surface area contributed by atoms with Crippen LogP contribution in [0.1, 0.15) is 37.7 Å². The Morgan fingerprint density at radius 3 is 2.93 bits per heavy atom.